The lowest BCUT2D eigenvalue weighted by atomic mass is 9.72. The summed E-state index contributed by atoms with van der Waals surface area (Å²) in [5, 5.41) is 3.91. The van der Waals surface area contributed by atoms with Crippen molar-refractivity contribution in [3.8, 4) is 0 Å². The molecule has 0 saturated heterocycles. The number of nitrogens with one attached hydrogen (secondary N) is 1. The molecule has 0 bridgehead atoms. The first-order chi connectivity index (χ1) is 5.81. The largest absolute Gasteiger partial charge is 0.273 e. The monoisotopic (exact) mass is 166 g/mol. The van der Waals surface area contributed by atoms with Crippen LogP contribution in [0.25, 0.3) is 0 Å². The smallest absolute Gasteiger partial charge is 0.240 e. The van der Waals surface area contributed by atoms with E-state index in [-0.39, 0.29) is 11.3 Å². The van der Waals surface area contributed by atoms with Gasteiger partial charge in [0, 0.05) is 18.1 Å². The number of carbonyl (C=O) groups excluding carboxylic acids is 1. The zero-order valence-corrected chi connectivity index (χ0v) is 7.18. The van der Waals surface area contributed by atoms with E-state index >= 15 is 0 Å². The van der Waals surface area contributed by atoms with Gasteiger partial charge in [-0.05, 0) is 12.8 Å². The maximum absolute atomic E-state index is 11.1. The Morgan fingerprint density at radius 3 is 2.75 bits per heavy atom. The normalized spacial score (nSPS) is 27.2. The SMILES string of the molecule is O=C1CC2(C=NN1)CCCCC2. The molecule has 2 rings (SSSR count). The third kappa shape index (κ3) is 1.36. The predicted molar refractivity (Wildman–Crippen MR) is 46.8 cm³/mol. The van der Waals surface area contributed by atoms with Gasteiger partial charge in [0.2, 0.25) is 5.91 Å². The van der Waals surface area contributed by atoms with Crippen LogP contribution in [0, 0.1) is 5.41 Å². The first-order valence-corrected chi connectivity index (χ1v) is 4.64. The van der Waals surface area contributed by atoms with Crippen LogP contribution in [0.4, 0.5) is 0 Å². The summed E-state index contributed by atoms with van der Waals surface area (Å²) in [4.78, 5) is 11.1. The van der Waals surface area contributed by atoms with Gasteiger partial charge in [-0.25, -0.2) is 5.43 Å². The molecule has 2 aliphatic rings. The number of nitrogens with zero attached hydrogens (tertiary/aromatic N) is 1. The molecule has 0 unspecified atom stereocenters. The van der Waals surface area contributed by atoms with Crippen molar-refractivity contribution in [2.24, 2.45) is 10.5 Å². The number of hydrogen-bond acceptors (Lipinski definition) is 2. The highest BCUT2D eigenvalue weighted by Gasteiger charge is 2.34. The molecule has 12 heavy (non-hydrogen) atoms. The highest BCUT2D eigenvalue weighted by atomic mass is 16.2. The van der Waals surface area contributed by atoms with Crippen molar-refractivity contribution in [1.82, 2.24) is 5.43 Å². The fraction of sp³-hybridized carbons (Fsp3) is 0.778. The molecule has 0 atom stereocenters. The minimum atomic E-state index is 0.0828. The second kappa shape index (κ2) is 2.88. The number of amides is 1. The lowest BCUT2D eigenvalue weighted by molar-refractivity contribution is -0.123. The van der Waals surface area contributed by atoms with Crippen LogP contribution < -0.4 is 5.43 Å². The first-order valence-electron chi connectivity index (χ1n) is 4.64. The standard InChI is InChI=1S/C9H14N2O/c12-8-6-9(7-10-11-8)4-2-1-3-5-9/h7H,1-6H2,(H,11,12). The van der Waals surface area contributed by atoms with Gasteiger partial charge in [0.1, 0.15) is 0 Å². The maximum atomic E-state index is 11.1. The Kier molecular flexibility index (Phi) is 1.87. The van der Waals surface area contributed by atoms with E-state index in [1.54, 1.807) is 0 Å². The summed E-state index contributed by atoms with van der Waals surface area (Å²) in [6, 6.07) is 0. The number of carbonyl (C=O) groups is 1. The van der Waals surface area contributed by atoms with E-state index in [9.17, 15) is 4.79 Å². The van der Waals surface area contributed by atoms with Gasteiger partial charge in [-0.1, -0.05) is 19.3 Å². The van der Waals surface area contributed by atoms with Crippen LogP contribution in [0.5, 0.6) is 0 Å². The Morgan fingerprint density at radius 1 is 1.33 bits per heavy atom. The zero-order valence-electron chi connectivity index (χ0n) is 7.18. The Labute approximate surface area is 72.2 Å². The summed E-state index contributed by atoms with van der Waals surface area (Å²) < 4.78 is 0. The topological polar surface area (TPSA) is 41.5 Å². The van der Waals surface area contributed by atoms with Gasteiger partial charge < -0.3 is 0 Å². The lowest BCUT2D eigenvalue weighted by Gasteiger charge is -2.34. The van der Waals surface area contributed by atoms with Gasteiger partial charge in [-0.3, -0.25) is 4.79 Å². The molecule has 1 saturated carbocycles. The van der Waals surface area contributed by atoms with E-state index < -0.39 is 0 Å². The van der Waals surface area contributed by atoms with Gasteiger partial charge in [-0.2, -0.15) is 5.10 Å². The molecule has 1 fully saturated rings. The minimum absolute atomic E-state index is 0.0828. The lowest BCUT2D eigenvalue weighted by Crippen LogP contribution is -2.37. The predicted octanol–water partition coefficient (Wildman–Crippen LogP) is 1.44. The third-order valence-electron chi connectivity index (χ3n) is 2.89. The van der Waals surface area contributed by atoms with E-state index in [4.69, 9.17) is 0 Å². The Balaban J connectivity index is 2.12. The molecule has 1 aliphatic heterocycles. The molecule has 0 aromatic heterocycles. The maximum Gasteiger partial charge on any atom is 0.240 e. The van der Waals surface area contributed by atoms with E-state index in [2.05, 4.69) is 10.5 Å². The van der Waals surface area contributed by atoms with Crippen LogP contribution >= 0.6 is 0 Å². The van der Waals surface area contributed by atoms with E-state index in [1.165, 1.54) is 19.3 Å². The van der Waals surface area contributed by atoms with Gasteiger partial charge >= 0.3 is 0 Å². The van der Waals surface area contributed by atoms with Crippen molar-refractivity contribution in [3.05, 3.63) is 0 Å². The molecule has 66 valence electrons. The molecular formula is C9H14N2O. The molecule has 0 aromatic rings. The van der Waals surface area contributed by atoms with Crippen molar-refractivity contribution >= 4 is 12.1 Å². The number of hydrogen-bond donors (Lipinski definition) is 1. The van der Waals surface area contributed by atoms with Crippen molar-refractivity contribution in [1.29, 1.82) is 0 Å². The number of rotatable bonds is 0. The van der Waals surface area contributed by atoms with Crippen molar-refractivity contribution in [2.75, 3.05) is 0 Å². The fourth-order valence-corrected chi connectivity index (χ4v) is 2.21. The minimum Gasteiger partial charge on any atom is -0.273 e. The summed E-state index contributed by atoms with van der Waals surface area (Å²) >= 11 is 0. The highest BCUT2D eigenvalue weighted by molar-refractivity contribution is 5.85. The van der Waals surface area contributed by atoms with Gasteiger partial charge in [0.05, 0.1) is 0 Å². The molecular weight excluding hydrogens is 152 g/mol. The van der Waals surface area contributed by atoms with Crippen LogP contribution in [-0.4, -0.2) is 12.1 Å². The average molecular weight is 166 g/mol. The zero-order chi connectivity index (χ0) is 8.44. The molecule has 1 spiro atoms. The summed E-state index contributed by atoms with van der Waals surface area (Å²) in [5.41, 5.74) is 2.61. The molecule has 0 radical (unpaired) electrons. The van der Waals surface area contributed by atoms with Gasteiger partial charge in [-0.15, -0.1) is 0 Å². The Bertz CT molecular complexity index is 217. The highest BCUT2D eigenvalue weighted by Crippen LogP contribution is 2.38. The van der Waals surface area contributed by atoms with Crippen LogP contribution in [0.2, 0.25) is 0 Å². The van der Waals surface area contributed by atoms with E-state index in [0.717, 1.165) is 12.8 Å². The molecule has 1 aliphatic carbocycles. The fourth-order valence-electron chi connectivity index (χ4n) is 2.21. The van der Waals surface area contributed by atoms with Crippen LogP contribution in [-0.2, 0) is 4.79 Å². The summed E-state index contributed by atoms with van der Waals surface area (Å²) in [7, 11) is 0. The molecule has 3 heteroatoms. The summed E-state index contributed by atoms with van der Waals surface area (Å²) in [5.74, 6) is 0.0828. The second-order valence-corrected chi connectivity index (χ2v) is 3.89. The molecule has 0 aromatic carbocycles. The summed E-state index contributed by atoms with van der Waals surface area (Å²) in [6.45, 7) is 0. The van der Waals surface area contributed by atoms with Crippen molar-refractivity contribution in [2.45, 2.75) is 38.5 Å². The van der Waals surface area contributed by atoms with Crippen LogP contribution in [0.15, 0.2) is 5.10 Å². The van der Waals surface area contributed by atoms with Gasteiger partial charge in [0.25, 0.3) is 0 Å². The van der Waals surface area contributed by atoms with Crippen molar-refractivity contribution in [3.63, 3.8) is 0 Å². The quantitative estimate of drug-likeness (QED) is 0.581. The molecule has 1 amide bonds. The Hall–Kier alpha value is -0.860. The number of hydrazone groups is 1. The van der Waals surface area contributed by atoms with E-state index in [1.807, 2.05) is 6.21 Å². The van der Waals surface area contributed by atoms with Gasteiger partial charge in [0.15, 0.2) is 0 Å². The van der Waals surface area contributed by atoms with Crippen molar-refractivity contribution < 1.29 is 4.79 Å². The second-order valence-electron chi connectivity index (χ2n) is 3.89. The van der Waals surface area contributed by atoms with Crippen LogP contribution in [0.3, 0.4) is 0 Å². The first kappa shape index (κ1) is 7.77. The molecule has 3 nitrogen and oxygen atoms in total. The van der Waals surface area contributed by atoms with E-state index in [0.29, 0.717) is 6.42 Å². The van der Waals surface area contributed by atoms with Crippen LogP contribution in [0.1, 0.15) is 38.5 Å². The third-order valence-corrected chi connectivity index (χ3v) is 2.89. The molecule has 1 N–H and O–H groups in total. The Morgan fingerprint density at radius 2 is 2.08 bits per heavy atom. The average Bonchev–Trinajstić information content (AvgIpc) is 2.05. The molecule has 1 heterocycles. The summed E-state index contributed by atoms with van der Waals surface area (Å²) in [6.07, 6.45) is 8.70.